The molecule has 0 amide bonds. The van der Waals surface area contributed by atoms with Gasteiger partial charge in [0.15, 0.2) is 17.7 Å². The van der Waals surface area contributed by atoms with Crippen LogP contribution in [0.5, 0.6) is 0 Å². The zero-order valence-electron chi connectivity index (χ0n) is 10.1. The summed E-state index contributed by atoms with van der Waals surface area (Å²) in [6.07, 6.45) is -0.950. The highest BCUT2D eigenvalue weighted by Gasteiger charge is 2.44. The van der Waals surface area contributed by atoms with Crippen LogP contribution in [0.15, 0.2) is 12.7 Å². The number of halogens is 1. The van der Waals surface area contributed by atoms with Crippen molar-refractivity contribution in [3.8, 4) is 0 Å². The van der Waals surface area contributed by atoms with E-state index in [1.807, 2.05) is 0 Å². The topological polar surface area (TPSA) is 129 Å². The van der Waals surface area contributed by atoms with Crippen molar-refractivity contribution < 1.29 is 18.8 Å². The standard InChI is InChI=1S/C10H12BrN5O4/c11-19-1-4-6(17)7(18)10(20-4)16-3-15-5-8(12)13-2-14-9(5)16/h2-4,6-7,10,17-18H,1H2,(H2,12,13,14)/t4-,6?,7?,10-/m1/s1. The third kappa shape index (κ3) is 2.05. The quantitative estimate of drug-likeness (QED) is 0.669. The molecule has 0 bridgehead atoms. The Morgan fingerprint density at radius 3 is 2.90 bits per heavy atom. The lowest BCUT2D eigenvalue weighted by Gasteiger charge is -2.16. The van der Waals surface area contributed by atoms with Gasteiger partial charge in [0, 0.05) is 0 Å². The second kappa shape index (κ2) is 5.22. The van der Waals surface area contributed by atoms with Gasteiger partial charge in [0.2, 0.25) is 0 Å². The molecule has 20 heavy (non-hydrogen) atoms. The normalized spacial score (nSPS) is 30.1. The molecule has 2 aromatic rings. The van der Waals surface area contributed by atoms with E-state index in [0.29, 0.717) is 11.2 Å². The van der Waals surface area contributed by atoms with Gasteiger partial charge in [-0.25, -0.2) is 15.0 Å². The van der Waals surface area contributed by atoms with Crippen LogP contribution in [-0.4, -0.2) is 54.7 Å². The molecular weight excluding hydrogens is 334 g/mol. The van der Waals surface area contributed by atoms with E-state index in [0.717, 1.165) is 0 Å². The van der Waals surface area contributed by atoms with Crippen molar-refractivity contribution in [3.63, 3.8) is 0 Å². The molecule has 4 N–H and O–H groups in total. The molecule has 1 aliphatic rings. The lowest BCUT2D eigenvalue weighted by atomic mass is 10.1. The summed E-state index contributed by atoms with van der Waals surface area (Å²) in [5.41, 5.74) is 6.54. The highest BCUT2D eigenvalue weighted by atomic mass is 79.9. The highest BCUT2D eigenvalue weighted by molar-refractivity contribution is 9.06. The molecular formula is C10H12BrN5O4. The first kappa shape index (κ1) is 13.6. The van der Waals surface area contributed by atoms with Gasteiger partial charge in [-0.05, 0) is 0 Å². The van der Waals surface area contributed by atoms with Crippen LogP contribution in [0.25, 0.3) is 11.2 Å². The Labute approximate surface area is 121 Å². The molecule has 3 rings (SSSR count). The molecule has 0 aromatic carbocycles. The van der Waals surface area contributed by atoms with Gasteiger partial charge in [0.25, 0.3) is 0 Å². The summed E-state index contributed by atoms with van der Waals surface area (Å²) in [5, 5.41) is 20.0. The molecule has 10 heteroatoms. The van der Waals surface area contributed by atoms with Crippen molar-refractivity contribution in [2.45, 2.75) is 24.5 Å². The van der Waals surface area contributed by atoms with E-state index in [4.69, 9.17) is 14.3 Å². The predicted molar refractivity (Wildman–Crippen MR) is 70.5 cm³/mol. The molecule has 2 unspecified atom stereocenters. The number of nitrogens with zero attached hydrogens (tertiary/aromatic N) is 4. The smallest absolute Gasteiger partial charge is 0.167 e. The zero-order chi connectivity index (χ0) is 14.3. The minimum Gasteiger partial charge on any atom is -0.387 e. The van der Waals surface area contributed by atoms with Gasteiger partial charge in [0.05, 0.1) is 29.2 Å². The number of aromatic nitrogens is 4. The maximum atomic E-state index is 10.1. The van der Waals surface area contributed by atoms with Crippen molar-refractivity contribution in [3.05, 3.63) is 12.7 Å². The number of ether oxygens (including phenoxy) is 1. The third-order valence-corrected chi connectivity index (χ3v) is 3.49. The van der Waals surface area contributed by atoms with Crippen molar-refractivity contribution >= 4 is 33.2 Å². The van der Waals surface area contributed by atoms with E-state index >= 15 is 0 Å². The Morgan fingerprint density at radius 1 is 1.35 bits per heavy atom. The van der Waals surface area contributed by atoms with E-state index in [1.165, 1.54) is 17.2 Å². The number of nitrogen functional groups attached to an aromatic ring is 1. The number of anilines is 1. The Kier molecular flexibility index (Phi) is 3.56. The van der Waals surface area contributed by atoms with Crippen molar-refractivity contribution in [1.29, 1.82) is 0 Å². The van der Waals surface area contributed by atoms with E-state index in [1.54, 1.807) is 0 Å². The highest BCUT2D eigenvalue weighted by Crippen LogP contribution is 2.32. The van der Waals surface area contributed by atoms with Crippen LogP contribution in [0.1, 0.15) is 6.23 Å². The van der Waals surface area contributed by atoms with Gasteiger partial charge in [0.1, 0.15) is 30.2 Å². The SMILES string of the molecule is Nc1ncnc2c1ncn2[C@@H]1O[C@H](COBr)C(O)C1O. The lowest BCUT2D eigenvalue weighted by molar-refractivity contribution is -0.0444. The second-order valence-electron chi connectivity index (χ2n) is 4.41. The third-order valence-electron chi connectivity index (χ3n) is 3.23. The summed E-state index contributed by atoms with van der Waals surface area (Å²) in [6, 6.07) is 0. The number of imidazole rings is 1. The van der Waals surface area contributed by atoms with Crippen LogP contribution in [0.2, 0.25) is 0 Å². The number of hydrogen-bond donors (Lipinski definition) is 3. The fourth-order valence-electron chi connectivity index (χ4n) is 2.22. The van der Waals surface area contributed by atoms with Crippen LogP contribution in [0, 0.1) is 0 Å². The van der Waals surface area contributed by atoms with Crippen LogP contribution >= 0.6 is 16.3 Å². The summed E-state index contributed by atoms with van der Waals surface area (Å²) in [4.78, 5) is 12.0. The van der Waals surface area contributed by atoms with Crippen LogP contribution in [0.4, 0.5) is 5.82 Å². The van der Waals surface area contributed by atoms with Crippen LogP contribution < -0.4 is 5.73 Å². The van der Waals surface area contributed by atoms with E-state index < -0.39 is 24.5 Å². The van der Waals surface area contributed by atoms with Gasteiger partial charge in [-0.3, -0.25) is 4.57 Å². The Hall–Kier alpha value is -1.33. The first-order valence-corrected chi connectivity index (χ1v) is 6.46. The van der Waals surface area contributed by atoms with E-state index in [2.05, 4.69) is 31.2 Å². The lowest BCUT2D eigenvalue weighted by Crippen LogP contribution is -2.33. The maximum absolute atomic E-state index is 10.1. The predicted octanol–water partition coefficient (Wildman–Crippen LogP) is -0.646. The van der Waals surface area contributed by atoms with Gasteiger partial charge in [-0.2, -0.15) is 0 Å². The Morgan fingerprint density at radius 2 is 2.15 bits per heavy atom. The van der Waals surface area contributed by atoms with Crippen molar-refractivity contribution in [2.75, 3.05) is 12.3 Å². The summed E-state index contributed by atoms with van der Waals surface area (Å²) >= 11 is 2.80. The summed E-state index contributed by atoms with van der Waals surface area (Å²) in [5.74, 6) is 0.238. The Bertz CT molecular complexity index is 623. The molecule has 4 atom stereocenters. The maximum Gasteiger partial charge on any atom is 0.167 e. The van der Waals surface area contributed by atoms with Crippen LogP contribution in [-0.2, 0) is 8.57 Å². The number of aliphatic hydroxyl groups is 2. The average Bonchev–Trinajstić information content (AvgIpc) is 2.97. The molecule has 3 heterocycles. The number of rotatable bonds is 3. The van der Waals surface area contributed by atoms with E-state index in [9.17, 15) is 10.2 Å². The van der Waals surface area contributed by atoms with Crippen molar-refractivity contribution in [1.82, 2.24) is 19.5 Å². The summed E-state index contributed by atoms with van der Waals surface area (Å²) < 4.78 is 11.9. The van der Waals surface area contributed by atoms with Crippen molar-refractivity contribution in [2.24, 2.45) is 0 Å². The number of nitrogens with two attached hydrogens (primary N) is 1. The zero-order valence-corrected chi connectivity index (χ0v) is 11.7. The first-order chi connectivity index (χ1) is 9.63. The molecule has 0 aliphatic carbocycles. The van der Waals surface area contributed by atoms with Gasteiger partial charge in [-0.15, -0.1) is 0 Å². The molecule has 0 spiro atoms. The number of aliphatic hydroxyl groups excluding tert-OH is 2. The largest absolute Gasteiger partial charge is 0.387 e. The van der Waals surface area contributed by atoms with E-state index in [-0.39, 0.29) is 12.4 Å². The fraction of sp³-hybridized carbons (Fsp3) is 0.500. The molecule has 0 saturated carbocycles. The van der Waals surface area contributed by atoms with Crippen LogP contribution in [0.3, 0.4) is 0 Å². The molecule has 0 radical (unpaired) electrons. The number of hydrogen-bond acceptors (Lipinski definition) is 8. The van der Waals surface area contributed by atoms with Gasteiger partial charge in [-0.1, -0.05) is 0 Å². The minimum absolute atomic E-state index is 0.0957. The van der Waals surface area contributed by atoms with Gasteiger partial charge < -0.3 is 24.5 Å². The first-order valence-electron chi connectivity index (χ1n) is 5.81. The second-order valence-corrected chi connectivity index (χ2v) is 4.86. The summed E-state index contributed by atoms with van der Waals surface area (Å²) in [6.45, 7) is 0.0957. The monoisotopic (exact) mass is 345 g/mol. The molecule has 9 nitrogen and oxygen atoms in total. The average molecular weight is 346 g/mol. The Balaban J connectivity index is 1.97. The molecule has 2 aromatic heterocycles. The molecule has 1 saturated heterocycles. The summed E-state index contributed by atoms with van der Waals surface area (Å²) in [7, 11) is 0. The molecule has 108 valence electrons. The minimum atomic E-state index is -1.13. The fourth-order valence-corrected chi connectivity index (χ4v) is 2.48. The van der Waals surface area contributed by atoms with Gasteiger partial charge >= 0.3 is 0 Å². The molecule has 1 fully saturated rings. The number of fused-ring (bicyclic) bond motifs is 1. The molecule has 1 aliphatic heterocycles.